The van der Waals surface area contributed by atoms with Crippen LogP contribution in [0, 0.1) is 5.82 Å². The van der Waals surface area contributed by atoms with Crippen LogP contribution in [0.1, 0.15) is 36.7 Å². The molecule has 0 spiro atoms. The molecule has 0 aliphatic carbocycles. The van der Waals surface area contributed by atoms with Crippen molar-refractivity contribution in [1.29, 1.82) is 0 Å². The van der Waals surface area contributed by atoms with Crippen molar-refractivity contribution in [1.82, 2.24) is 14.9 Å². The van der Waals surface area contributed by atoms with Crippen molar-refractivity contribution < 1.29 is 14.6 Å². The molecule has 2 aliphatic rings. The van der Waals surface area contributed by atoms with Gasteiger partial charge < -0.3 is 20.4 Å². The molecule has 2 aromatic rings. The number of amidine groups is 1. The molecule has 0 saturated heterocycles. The van der Waals surface area contributed by atoms with Gasteiger partial charge in [0.1, 0.15) is 17.9 Å². The number of aromatic nitrogens is 2. The molecule has 1 aromatic carbocycles. The van der Waals surface area contributed by atoms with Crippen LogP contribution >= 0.6 is 11.8 Å². The first kappa shape index (κ1) is 19.8. The minimum absolute atomic E-state index is 0.204. The lowest BCUT2D eigenvalue weighted by Crippen LogP contribution is -2.45. The highest BCUT2D eigenvalue weighted by atomic mass is 32.2. The minimum atomic E-state index is -0.893. The smallest absolute Gasteiger partial charge is 0.223 e. The molecule has 3 N–H and O–H groups in total. The van der Waals surface area contributed by atoms with E-state index in [0.29, 0.717) is 12.4 Å². The molecule has 0 saturated carbocycles. The standard InChI is InChI=1S/C20H22FN5O2S/c1-2-20(11-27,12-28)25-18-22-8-7-15(23-18)17-16(13-3-5-14(21)6-4-13)24-19-26(17)9-10-29-19/h3-10,16-17,27-28H,2,11-12H2,1H3,(H,22,23,25). The molecule has 1 aromatic heterocycles. The molecule has 7 nitrogen and oxygen atoms in total. The van der Waals surface area contributed by atoms with E-state index in [-0.39, 0.29) is 31.1 Å². The maximum Gasteiger partial charge on any atom is 0.223 e. The van der Waals surface area contributed by atoms with Crippen LogP contribution < -0.4 is 5.32 Å². The van der Waals surface area contributed by atoms with Crippen LogP contribution in [0.2, 0.25) is 0 Å². The Morgan fingerprint density at radius 1 is 1.21 bits per heavy atom. The Morgan fingerprint density at radius 3 is 2.66 bits per heavy atom. The number of benzene rings is 1. The number of thioether (sulfide) groups is 1. The maximum absolute atomic E-state index is 13.4. The molecular weight excluding hydrogens is 393 g/mol. The number of nitrogens with zero attached hydrogens (tertiary/aromatic N) is 4. The molecule has 0 fully saturated rings. The Hall–Kier alpha value is -2.49. The Balaban J connectivity index is 1.68. The van der Waals surface area contributed by atoms with Crippen LogP contribution in [0.5, 0.6) is 0 Å². The first-order chi connectivity index (χ1) is 14.1. The summed E-state index contributed by atoms with van der Waals surface area (Å²) in [6.07, 6.45) is 4.12. The zero-order valence-corrected chi connectivity index (χ0v) is 16.7. The SMILES string of the molecule is CCC(CO)(CO)Nc1nccc(C2C(c3ccc(F)cc3)N=C3SC=CN32)n1. The van der Waals surface area contributed by atoms with E-state index in [1.54, 1.807) is 18.3 Å². The molecule has 2 unspecified atom stereocenters. The first-order valence-corrected chi connectivity index (χ1v) is 10.2. The molecular formula is C20H22FN5O2S. The molecule has 29 heavy (non-hydrogen) atoms. The molecule has 0 radical (unpaired) electrons. The van der Waals surface area contributed by atoms with E-state index in [4.69, 9.17) is 4.99 Å². The van der Waals surface area contributed by atoms with Crippen LogP contribution in [-0.2, 0) is 0 Å². The van der Waals surface area contributed by atoms with Gasteiger partial charge in [-0.25, -0.2) is 14.4 Å². The number of rotatable bonds is 7. The van der Waals surface area contributed by atoms with Gasteiger partial charge >= 0.3 is 0 Å². The summed E-state index contributed by atoms with van der Waals surface area (Å²) in [5.74, 6) is 0.0396. The number of nitrogens with one attached hydrogen (secondary N) is 1. The van der Waals surface area contributed by atoms with Gasteiger partial charge in [0.25, 0.3) is 0 Å². The van der Waals surface area contributed by atoms with Gasteiger partial charge in [0, 0.05) is 12.4 Å². The third kappa shape index (κ3) is 3.73. The van der Waals surface area contributed by atoms with Gasteiger partial charge in [-0.2, -0.15) is 0 Å². The number of aliphatic imine (C=N–C) groups is 1. The van der Waals surface area contributed by atoms with Crippen molar-refractivity contribution in [3.05, 3.63) is 65.2 Å². The zero-order chi connectivity index (χ0) is 20.4. The van der Waals surface area contributed by atoms with E-state index in [9.17, 15) is 14.6 Å². The number of hydrogen-bond acceptors (Lipinski definition) is 8. The van der Waals surface area contributed by atoms with Crippen molar-refractivity contribution in [3.63, 3.8) is 0 Å². The Labute approximate surface area is 172 Å². The number of aliphatic hydroxyl groups excluding tert-OH is 2. The van der Waals surface area contributed by atoms with Crippen LogP contribution in [0.3, 0.4) is 0 Å². The van der Waals surface area contributed by atoms with Crippen molar-refractivity contribution >= 4 is 22.9 Å². The Kier molecular flexibility index (Phi) is 5.53. The zero-order valence-electron chi connectivity index (χ0n) is 15.9. The molecule has 9 heteroatoms. The fraction of sp³-hybridized carbons (Fsp3) is 0.350. The van der Waals surface area contributed by atoms with E-state index in [0.717, 1.165) is 16.4 Å². The topological polar surface area (TPSA) is 93.9 Å². The second-order valence-corrected chi connectivity index (χ2v) is 7.92. The van der Waals surface area contributed by atoms with Crippen LogP contribution in [-0.4, -0.2) is 49.0 Å². The fourth-order valence-electron chi connectivity index (χ4n) is 3.43. The predicted octanol–water partition coefficient (Wildman–Crippen LogP) is 2.83. The highest BCUT2D eigenvalue weighted by Gasteiger charge is 2.40. The van der Waals surface area contributed by atoms with Gasteiger partial charge in [0.2, 0.25) is 5.95 Å². The maximum atomic E-state index is 13.4. The lowest BCUT2D eigenvalue weighted by atomic mass is 9.97. The summed E-state index contributed by atoms with van der Waals surface area (Å²) < 4.78 is 13.4. The summed E-state index contributed by atoms with van der Waals surface area (Å²) in [5.41, 5.74) is 0.744. The quantitative estimate of drug-likeness (QED) is 0.640. The molecule has 152 valence electrons. The van der Waals surface area contributed by atoms with E-state index < -0.39 is 5.54 Å². The van der Waals surface area contributed by atoms with Gasteiger partial charge in [-0.15, -0.1) is 0 Å². The first-order valence-electron chi connectivity index (χ1n) is 9.37. The lowest BCUT2D eigenvalue weighted by Gasteiger charge is -2.30. The van der Waals surface area contributed by atoms with Gasteiger partial charge in [0.05, 0.1) is 24.4 Å². The van der Waals surface area contributed by atoms with E-state index in [1.807, 2.05) is 24.6 Å². The van der Waals surface area contributed by atoms with Crippen LogP contribution in [0.25, 0.3) is 0 Å². The number of aliphatic hydroxyl groups is 2. The summed E-state index contributed by atoms with van der Waals surface area (Å²) in [7, 11) is 0. The van der Waals surface area contributed by atoms with Crippen molar-refractivity contribution in [2.24, 2.45) is 4.99 Å². The van der Waals surface area contributed by atoms with Gasteiger partial charge in [-0.3, -0.25) is 4.99 Å². The average molecular weight is 415 g/mol. The largest absolute Gasteiger partial charge is 0.394 e. The molecule has 3 heterocycles. The monoisotopic (exact) mass is 415 g/mol. The van der Waals surface area contributed by atoms with Crippen molar-refractivity contribution in [3.8, 4) is 0 Å². The third-order valence-corrected chi connectivity index (χ3v) is 6.10. The molecule has 2 aliphatic heterocycles. The lowest BCUT2D eigenvalue weighted by molar-refractivity contribution is 0.132. The summed E-state index contributed by atoms with van der Waals surface area (Å²) >= 11 is 1.53. The van der Waals surface area contributed by atoms with E-state index in [1.165, 1.54) is 23.9 Å². The van der Waals surface area contributed by atoms with E-state index >= 15 is 0 Å². The summed E-state index contributed by atoms with van der Waals surface area (Å²) in [6, 6.07) is 7.74. The highest BCUT2D eigenvalue weighted by molar-refractivity contribution is 8.16. The summed E-state index contributed by atoms with van der Waals surface area (Å²) in [4.78, 5) is 15.8. The number of fused-ring (bicyclic) bond motifs is 1. The Morgan fingerprint density at radius 2 is 1.97 bits per heavy atom. The van der Waals surface area contributed by atoms with Gasteiger partial charge in [0.15, 0.2) is 5.17 Å². The average Bonchev–Trinajstić information content (AvgIpc) is 3.34. The van der Waals surface area contributed by atoms with Crippen molar-refractivity contribution in [2.45, 2.75) is 31.0 Å². The number of anilines is 1. The minimum Gasteiger partial charge on any atom is -0.394 e. The van der Waals surface area contributed by atoms with Crippen LogP contribution in [0.4, 0.5) is 10.3 Å². The van der Waals surface area contributed by atoms with Crippen molar-refractivity contribution in [2.75, 3.05) is 18.5 Å². The summed E-state index contributed by atoms with van der Waals surface area (Å²) in [5, 5.41) is 25.3. The predicted molar refractivity (Wildman–Crippen MR) is 111 cm³/mol. The highest BCUT2D eigenvalue weighted by Crippen LogP contribution is 2.46. The summed E-state index contributed by atoms with van der Waals surface area (Å²) in [6.45, 7) is 1.39. The fourth-order valence-corrected chi connectivity index (χ4v) is 4.21. The molecule has 2 atom stereocenters. The van der Waals surface area contributed by atoms with Gasteiger partial charge in [-0.1, -0.05) is 30.8 Å². The third-order valence-electron chi connectivity index (χ3n) is 5.31. The van der Waals surface area contributed by atoms with E-state index in [2.05, 4.69) is 20.2 Å². The normalized spacial score (nSPS) is 20.7. The Bertz CT molecular complexity index is 924. The van der Waals surface area contributed by atoms with Crippen LogP contribution in [0.15, 0.2) is 53.1 Å². The molecule has 4 rings (SSSR count). The second-order valence-electron chi connectivity index (χ2n) is 7.04. The number of hydrogen-bond donors (Lipinski definition) is 3. The molecule has 0 bridgehead atoms. The number of halogens is 1. The second kappa shape index (κ2) is 8.10. The molecule has 0 amide bonds. The van der Waals surface area contributed by atoms with Gasteiger partial charge in [-0.05, 0) is 35.6 Å².